The van der Waals surface area contributed by atoms with Crippen LogP contribution in [0.15, 0.2) is 134 Å². The molecule has 2 nitrogen and oxygen atoms in total. The summed E-state index contributed by atoms with van der Waals surface area (Å²) in [4.78, 5) is 4.67. The summed E-state index contributed by atoms with van der Waals surface area (Å²) in [6, 6.07) is 17.5. The highest BCUT2D eigenvalue weighted by molar-refractivity contribution is 8.76. The number of rotatable bonds is 18. The molecule has 2 aromatic rings. The van der Waals surface area contributed by atoms with Gasteiger partial charge in [-0.25, -0.2) is 0 Å². The molecule has 0 fully saturated rings. The fourth-order valence-corrected chi connectivity index (χ4v) is 5.84. The highest BCUT2D eigenvalue weighted by Crippen LogP contribution is 2.24. The third-order valence-corrected chi connectivity index (χ3v) is 8.74. The Morgan fingerprint density at radius 3 is 1.54 bits per heavy atom. The Bertz CT molecular complexity index is 1130. The summed E-state index contributed by atoms with van der Waals surface area (Å²) in [7, 11) is 8.30. The van der Waals surface area contributed by atoms with Crippen LogP contribution >= 0.6 is 21.6 Å². The normalized spacial score (nSPS) is 12.7. The molecule has 2 aromatic carbocycles. The molecule has 0 unspecified atom stereocenters. The number of nitrogens with zero attached hydrogens (tertiary/aromatic N) is 2. The highest BCUT2D eigenvalue weighted by Gasteiger charge is 2.03. The fourth-order valence-electron chi connectivity index (χ4n) is 3.73. The van der Waals surface area contributed by atoms with Crippen molar-refractivity contribution in [1.82, 2.24) is 0 Å². The molecule has 0 aliphatic carbocycles. The van der Waals surface area contributed by atoms with E-state index < -0.39 is 0 Å². The summed E-state index contributed by atoms with van der Waals surface area (Å²) in [5, 5.41) is 0. The van der Waals surface area contributed by atoms with Gasteiger partial charge in [-0.15, -0.1) is 0 Å². The van der Waals surface area contributed by atoms with Crippen molar-refractivity contribution < 1.29 is 0 Å². The van der Waals surface area contributed by atoms with Gasteiger partial charge in [0, 0.05) is 50.1 Å². The van der Waals surface area contributed by atoms with Crippen LogP contribution in [0.3, 0.4) is 0 Å². The highest BCUT2D eigenvalue weighted by atomic mass is 33.1. The van der Waals surface area contributed by atoms with Crippen LogP contribution in [-0.2, 0) is 0 Å². The Hall–Kier alpha value is -3.34. The van der Waals surface area contributed by atoms with E-state index in [-0.39, 0.29) is 0 Å². The first-order chi connectivity index (χ1) is 19.9. The maximum atomic E-state index is 3.69. The zero-order valence-corrected chi connectivity index (χ0v) is 26.8. The molecule has 0 saturated heterocycles. The number of anilines is 2. The van der Waals surface area contributed by atoms with E-state index in [9.17, 15) is 0 Å². The van der Waals surface area contributed by atoms with Gasteiger partial charge in [0.15, 0.2) is 0 Å². The molecule has 0 saturated carbocycles. The zero-order valence-electron chi connectivity index (χ0n) is 25.2. The molecule has 41 heavy (non-hydrogen) atoms. The number of hydrogen-bond acceptors (Lipinski definition) is 4. The van der Waals surface area contributed by atoms with Crippen molar-refractivity contribution in [2.75, 3.05) is 48.5 Å². The molecule has 2 rings (SSSR count). The van der Waals surface area contributed by atoms with E-state index in [1.54, 1.807) is 12.2 Å². The van der Waals surface area contributed by atoms with Crippen LogP contribution in [0.25, 0.3) is 12.2 Å². The molecule has 0 atom stereocenters. The van der Waals surface area contributed by atoms with Crippen molar-refractivity contribution in [3.63, 3.8) is 0 Å². The Kier molecular flexibility index (Phi) is 17.0. The van der Waals surface area contributed by atoms with E-state index in [2.05, 4.69) is 136 Å². The summed E-state index contributed by atoms with van der Waals surface area (Å²) in [5.41, 5.74) is 7.35. The summed E-state index contributed by atoms with van der Waals surface area (Å²) < 4.78 is 0. The van der Waals surface area contributed by atoms with Gasteiger partial charge < -0.3 is 9.80 Å². The number of hydrogen-bond donors (Lipinski definition) is 0. The first kappa shape index (κ1) is 33.9. The van der Waals surface area contributed by atoms with E-state index in [0.29, 0.717) is 0 Å². The van der Waals surface area contributed by atoms with E-state index in [1.807, 2.05) is 45.9 Å². The third-order valence-electron chi connectivity index (χ3n) is 6.27. The molecule has 0 N–H and O–H groups in total. The van der Waals surface area contributed by atoms with Crippen LogP contribution in [0, 0.1) is 0 Å². The van der Waals surface area contributed by atoms with Gasteiger partial charge in [0.25, 0.3) is 0 Å². The molecule has 4 heteroatoms. The second-order valence-electron chi connectivity index (χ2n) is 9.75. The molecule has 0 bridgehead atoms. The van der Waals surface area contributed by atoms with Crippen LogP contribution in [0.1, 0.15) is 31.4 Å². The molecule has 0 radical (unpaired) electrons. The Morgan fingerprint density at radius 2 is 1.07 bits per heavy atom. The van der Waals surface area contributed by atoms with Crippen LogP contribution in [0.2, 0.25) is 0 Å². The molecule has 0 aromatic heterocycles. The van der Waals surface area contributed by atoms with Gasteiger partial charge in [0.05, 0.1) is 0 Å². The van der Waals surface area contributed by atoms with Gasteiger partial charge in [0.1, 0.15) is 0 Å². The largest absolute Gasteiger partial charge is 0.375 e. The summed E-state index contributed by atoms with van der Waals surface area (Å²) in [6.45, 7) is 13.7. The second-order valence-corrected chi connectivity index (χ2v) is 12.5. The van der Waals surface area contributed by atoms with E-state index >= 15 is 0 Å². The lowest BCUT2D eigenvalue weighted by molar-refractivity contribution is 0.861. The van der Waals surface area contributed by atoms with Crippen molar-refractivity contribution in [2.24, 2.45) is 0 Å². The lowest BCUT2D eigenvalue weighted by atomic mass is 10.1. The molecular formula is C37H46N2S2. The first-order valence-electron chi connectivity index (χ1n) is 14.1. The molecule has 216 valence electrons. The van der Waals surface area contributed by atoms with Crippen molar-refractivity contribution in [2.45, 2.75) is 20.3 Å². The average Bonchev–Trinajstić information content (AvgIpc) is 2.99. The van der Waals surface area contributed by atoms with Crippen molar-refractivity contribution in [1.29, 1.82) is 0 Å². The van der Waals surface area contributed by atoms with Crippen LogP contribution < -0.4 is 9.80 Å². The number of benzene rings is 2. The average molecular weight is 583 g/mol. The van der Waals surface area contributed by atoms with Crippen molar-refractivity contribution in [3.8, 4) is 0 Å². The smallest absolute Gasteiger partial charge is 0.0364 e. The van der Waals surface area contributed by atoms with Gasteiger partial charge >= 0.3 is 0 Å². The molecular weight excluding hydrogens is 537 g/mol. The molecule has 0 amide bonds. The van der Waals surface area contributed by atoms with Gasteiger partial charge in [-0.1, -0.05) is 143 Å². The van der Waals surface area contributed by atoms with Crippen LogP contribution in [-0.4, -0.2) is 38.7 Å². The SMILES string of the molecule is C=C\C=C/C=C(C)/C=C/c1ccc(N(C)CCCSSCCN(C)c2ccc(/C=C/C(C)=C/C=C\C=C)cc2)cc1. The van der Waals surface area contributed by atoms with E-state index in [1.165, 1.54) is 40.1 Å². The van der Waals surface area contributed by atoms with E-state index in [0.717, 1.165) is 24.6 Å². The first-order valence-corrected chi connectivity index (χ1v) is 16.6. The van der Waals surface area contributed by atoms with Gasteiger partial charge in [0.2, 0.25) is 0 Å². The molecule has 0 spiro atoms. The van der Waals surface area contributed by atoms with Crippen LogP contribution in [0.4, 0.5) is 11.4 Å². The summed E-state index contributed by atoms with van der Waals surface area (Å²) >= 11 is 0. The quantitative estimate of drug-likeness (QED) is 0.0979. The van der Waals surface area contributed by atoms with E-state index in [4.69, 9.17) is 0 Å². The predicted octanol–water partition coefficient (Wildman–Crippen LogP) is 10.4. The van der Waals surface area contributed by atoms with Gasteiger partial charge in [-0.3, -0.25) is 0 Å². The second kappa shape index (κ2) is 20.5. The Morgan fingerprint density at radius 1 is 0.634 bits per heavy atom. The maximum Gasteiger partial charge on any atom is 0.0364 e. The minimum atomic E-state index is 1.03. The van der Waals surface area contributed by atoms with Crippen molar-refractivity contribution >= 4 is 45.1 Å². The Balaban J connectivity index is 1.64. The fraction of sp³-hybridized carbons (Fsp3) is 0.243. The standard InChI is InChI=1S/C37H46N2S2/c1-7-9-11-14-32(3)16-18-34-20-24-36(25-21-34)38(5)28-13-30-40-41-31-29-39(6)37-26-22-35(23-27-37)19-17-33(4)15-12-10-8-2/h7-12,14-27H,1-2,13,28-31H2,3-6H3/b11-9-,12-10-,18-16+,19-17+,32-14+,33-15+. The molecule has 0 aliphatic heterocycles. The van der Waals surface area contributed by atoms with Crippen molar-refractivity contribution in [3.05, 3.63) is 145 Å². The van der Waals surface area contributed by atoms with Gasteiger partial charge in [-0.2, -0.15) is 0 Å². The predicted molar refractivity (Wildman–Crippen MR) is 193 cm³/mol. The van der Waals surface area contributed by atoms with Gasteiger partial charge in [-0.05, 0) is 55.7 Å². The lowest BCUT2D eigenvalue weighted by Gasteiger charge is -2.20. The third kappa shape index (κ3) is 14.7. The number of allylic oxidation sites excluding steroid dienone is 12. The zero-order chi connectivity index (χ0) is 29.7. The van der Waals surface area contributed by atoms with Crippen LogP contribution in [0.5, 0.6) is 0 Å². The topological polar surface area (TPSA) is 6.48 Å². The Labute approximate surface area is 257 Å². The monoisotopic (exact) mass is 582 g/mol. The summed E-state index contributed by atoms with van der Waals surface area (Å²) in [6.07, 6.45) is 25.4. The summed E-state index contributed by atoms with van der Waals surface area (Å²) in [5.74, 6) is 2.26. The minimum Gasteiger partial charge on any atom is -0.375 e. The minimum absolute atomic E-state index is 1.03. The molecule has 0 aliphatic rings. The molecule has 0 heterocycles. The lowest BCUT2D eigenvalue weighted by Crippen LogP contribution is -2.20. The maximum absolute atomic E-state index is 3.69.